The lowest BCUT2D eigenvalue weighted by Gasteiger charge is -2.36. The number of hydrogen-bond donors (Lipinski definition) is 4. The Kier molecular flexibility index (Phi) is 3.82. The third-order valence-electron chi connectivity index (χ3n) is 2.15. The van der Waals surface area contributed by atoms with Gasteiger partial charge in [-0.2, -0.15) is 0 Å². The minimum Gasteiger partial charge on any atom is -0.394 e. The second kappa shape index (κ2) is 4.70. The molecule has 0 aliphatic carbocycles. The first-order chi connectivity index (χ1) is 6.54. The average molecular weight is 205 g/mol. The van der Waals surface area contributed by atoms with Crippen molar-refractivity contribution in [3.63, 3.8) is 0 Å². The highest BCUT2D eigenvalue weighted by Gasteiger charge is 2.36. The molecule has 6 heteroatoms. The molecule has 4 N–H and O–H groups in total. The number of hydrogen-bond acceptors (Lipinski definition) is 5. The van der Waals surface area contributed by atoms with Crippen LogP contribution in [-0.2, 0) is 9.53 Å². The second-order valence-electron chi connectivity index (χ2n) is 3.35. The van der Waals surface area contributed by atoms with E-state index in [9.17, 15) is 15.0 Å². The van der Waals surface area contributed by atoms with E-state index in [1.54, 1.807) is 0 Å². The van der Waals surface area contributed by atoms with Crippen molar-refractivity contribution in [2.24, 2.45) is 0 Å². The first-order valence-corrected chi connectivity index (χ1v) is 4.44. The summed E-state index contributed by atoms with van der Waals surface area (Å²) in [7, 11) is 0. The number of rotatable bonds is 2. The van der Waals surface area contributed by atoms with Crippen LogP contribution in [0.15, 0.2) is 0 Å². The number of aliphatic hydroxyl groups is 3. The van der Waals surface area contributed by atoms with Gasteiger partial charge in [-0.15, -0.1) is 0 Å². The third kappa shape index (κ3) is 2.65. The van der Waals surface area contributed by atoms with Crippen molar-refractivity contribution < 1.29 is 24.9 Å². The fourth-order valence-corrected chi connectivity index (χ4v) is 1.51. The van der Waals surface area contributed by atoms with Crippen LogP contribution in [0.3, 0.4) is 0 Å². The Labute approximate surface area is 81.5 Å². The summed E-state index contributed by atoms with van der Waals surface area (Å²) < 4.78 is 4.86. The van der Waals surface area contributed by atoms with Crippen LogP contribution in [0.2, 0.25) is 0 Å². The van der Waals surface area contributed by atoms with Crippen LogP contribution in [0.1, 0.15) is 13.3 Å². The van der Waals surface area contributed by atoms with Gasteiger partial charge in [0.05, 0.1) is 12.6 Å². The number of aliphatic hydroxyl groups excluding tert-OH is 3. The van der Waals surface area contributed by atoms with Crippen LogP contribution in [0.4, 0.5) is 0 Å². The molecule has 6 nitrogen and oxygen atoms in total. The van der Waals surface area contributed by atoms with Crippen molar-refractivity contribution in [3.05, 3.63) is 0 Å². The van der Waals surface area contributed by atoms with Gasteiger partial charge in [0.2, 0.25) is 5.91 Å². The largest absolute Gasteiger partial charge is 0.394 e. The van der Waals surface area contributed by atoms with Crippen LogP contribution in [-0.4, -0.2) is 52.4 Å². The van der Waals surface area contributed by atoms with Crippen LogP contribution in [0, 0.1) is 0 Å². The zero-order chi connectivity index (χ0) is 10.7. The molecule has 1 aliphatic rings. The second-order valence-corrected chi connectivity index (χ2v) is 3.35. The predicted molar refractivity (Wildman–Crippen MR) is 46.2 cm³/mol. The zero-order valence-electron chi connectivity index (χ0n) is 7.88. The molecule has 1 heterocycles. The van der Waals surface area contributed by atoms with Gasteiger partial charge in [-0.3, -0.25) is 4.79 Å². The van der Waals surface area contributed by atoms with Crippen LogP contribution in [0.25, 0.3) is 0 Å². The molecule has 1 aliphatic heterocycles. The van der Waals surface area contributed by atoms with Crippen LogP contribution >= 0.6 is 0 Å². The number of ether oxygens (including phenoxy) is 1. The smallest absolute Gasteiger partial charge is 0.217 e. The summed E-state index contributed by atoms with van der Waals surface area (Å²) in [5.41, 5.74) is 0. The summed E-state index contributed by atoms with van der Waals surface area (Å²) in [5, 5.41) is 30.1. The maximum absolute atomic E-state index is 10.8. The Morgan fingerprint density at radius 3 is 2.71 bits per heavy atom. The summed E-state index contributed by atoms with van der Waals surface area (Å²) in [5.74, 6) is -0.292. The van der Waals surface area contributed by atoms with Gasteiger partial charge >= 0.3 is 0 Å². The van der Waals surface area contributed by atoms with Gasteiger partial charge in [-0.05, 0) is 0 Å². The van der Waals surface area contributed by atoms with Gasteiger partial charge in [0.1, 0.15) is 12.2 Å². The summed E-state index contributed by atoms with van der Waals surface area (Å²) in [4.78, 5) is 10.8. The first-order valence-electron chi connectivity index (χ1n) is 4.44. The Hall–Kier alpha value is -0.690. The lowest BCUT2D eigenvalue weighted by atomic mass is 9.99. The molecule has 0 aromatic carbocycles. The topological polar surface area (TPSA) is 99.0 Å². The molecule has 0 spiro atoms. The van der Waals surface area contributed by atoms with E-state index in [0.29, 0.717) is 0 Å². The molecule has 0 radical (unpaired) electrons. The quantitative estimate of drug-likeness (QED) is 0.416. The molecule has 1 rings (SSSR count). The van der Waals surface area contributed by atoms with Gasteiger partial charge in [-0.25, -0.2) is 0 Å². The van der Waals surface area contributed by atoms with E-state index >= 15 is 0 Å². The van der Waals surface area contributed by atoms with E-state index < -0.39 is 31.1 Å². The van der Waals surface area contributed by atoms with E-state index in [0.717, 1.165) is 0 Å². The molecule has 1 saturated heterocycles. The molecule has 1 fully saturated rings. The van der Waals surface area contributed by atoms with E-state index in [4.69, 9.17) is 9.84 Å². The van der Waals surface area contributed by atoms with Gasteiger partial charge in [0.25, 0.3) is 0 Å². The van der Waals surface area contributed by atoms with Crippen molar-refractivity contribution in [1.82, 2.24) is 5.32 Å². The first kappa shape index (κ1) is 11.4. The minimum atomic E-state index is -1.06. The predicted octanol–water partition coefficient (Wildman–Crippen LogP) is -2.05. The van der Waals surface area contributed by atoms with Gasteiger partial charge in [0.15, 0.2) is 6.29 Å². The minimum absolute atomic E-state index is 0.122. The molecule has 82 valence electrons. The van der Waals surface area contributed by atoms with Crippen LogP contribution in [0.5, 0.6) is 0 Å². The lowest BCUT2D eigenvalue weighted by Crippen LogP contribution is -2.56. The number of amides is 1. The Balaban J connectivity index is 2.59. The Bertz CT molecular complexity index is 210. The molecular formula is C8H15NO5. The maximum atomic E-state index is 10.8. The summed E-state index contributed by atoms with van der Waals surface area (Å²) in [6.45, 7) is 0.927. The normalized spacial score (nSPS) is 38.0. The van der Waals surface area contributed by atoms with Crippen LogP contribution < -0.4 is 5.32 Å². The molecule has 0 saturated carbocycles. The van der Waals surface area contributed by atoms with Crippen molar-refractivity contribution in [1.29, 1.82) is 0 Å². The van der Waals surface area contributed by atoms with E-state index in [1.165, 1.54) is 6.92 Å². The highest BCUT2D eigenvalue weighted by Crippen LogP contribution is 2.18. The highest BCUT2D eigenvalue weighted by molar-refractivity contribution is 5.73. The molecule has 14 heavy (non-hydrogen) atoms. The molecular weight excluding hydrogens is 190 g/mol. The Morgan fingerprint density at radius 2 is 2.21 bits per heavy atom. The fraction of sp³-hybridized carbons (Fsp3) is 0.875. The molecule has 0 aromatic heterocycles. The molecule has 0 bridgehead atoms. The molecule has 1 amide bonds. The van der Waals surface area contributed by atoms with Gasteiger partial charge in [0, 0.05) is 13.3 Å². The SMILES string of the molecule is CC(=O)N[C@@H]1C[C@@H](O)O[C@H](CO)[C@H]1O. The fourth-order valence-electron chi connectivity index (χ4n) is 1.51. The summed E-state index contributed by atoms with van der Waals surface area (Å²) in [6, 6.07) is -0.576. The van der Waals surface area contributed by atoms with Crippen molar-refractivity contribution in [3.8, 4) is 0 Å². The molecule has 0 aromatic rings. The monoisotopic (exact) mass is 205 g/mol. The van der Waals surface area contributed by atoms with Crippen molar-refractivity contribution in [2.75, 3.05) is 6.61 Å². The average Bonchev–Trinajstić information content (AvgIpc) is 2.09. The van der Waals surface area contributed by atoms with E-state index in [1.807, 2.05) is 0 Å². The molecule has 0 unspecified atom stereocenters. The Morgan fingerprint density at radius 1 is 1.57 bits per heavy atom. The number of nitrogens with one attached hydrogen (secondary N) is 1. The maximum Gasteiger partial charge on any atom is 0.217 e. The zero-order valence-corrected chi connectivity index (χ0v) is 7.88. The van der Waals surface area contributed by atoms with Crippen molar-refractivity contribution in [2.45, 2.75) is 37.9 Å². The van der Waals surface area contributed by atoms with Crippen molar-refractivity contribution >= 4 is 5.91 Å². The number of carbonyl (C=O) groups excluding carboxylic acids is 1. The lowest BCUT2D eigenvalue weighted by molar-refractivity contribution is -0.216. The third-order valence-corrected chi connectivity index (χ3v) is 2.15. The van der Waals surface area contributed by atoms with Gasteiger partial charge < -0.3 is 25.4 Å². The number of carbonyl (C=O) groups is 1. The summed E-state index contributed by atoms with van der Waals surface area (Å²) >= 11 is 0. The summed E-state index contributed by atoms with van der Waals surface area (Å²) in [6.07, 6.45) is -2.78. The van der Waals surface area contributed by atoms with Gasteiger partial charge in [-0.1, -0.05) is 0 Å². The van der Waals surface area contributed by atoms with E-state index in [-0.39, 0.29) is 12.3 Å². The van der Waals surface area contributed by atoms with E-state index in [2.05, 4.69) is 5.32 Å². The standard InChI is InChI=1S/C8H15NO5/c1-4(11)9-5-2-7(12)14-6(3-10)8(5)13/h5-8,10,12-13H,2-3H2,1H3,(H,9,11)/t5-,6-,7+,8+/m1/s1. The molecule has 4 atom stereocenters. The highest BCUT2D eigenvalue weighted by atomic mass is 16.6.